The van der Waals surface area contributed by atoms with Gasteiger partial charge in [-0.05, 0) is 37.3 Å². The smallest absolute Gasteiger partial charge is 0.0700 e. The third-order valence-corrected chi connectivity index (χ3v) is 3.52. The Bertz CT molecular complexity index is 306. The van der Waals surface area contributed by atoms with E-state index in [1.807, 2.05) is 0 Å². The Morgan fingerprint density at radius 3 is 2.88 bits per heavy atom. The molecule has 1 heterocycles. The number of hydrogen-bond acceptors (Lipinski definition) is 2. The molecule has 17 heavy (non-hydrogen) atoms. The lowest BCUT2D eigenvalue weighted by Gasteiger charge is -2.14. The first-order valence-electron chi connectivity index (χ1n) is 6.73. The molecule has 1 aromatic rings. The summed E-state index contributed by atoms with van der Waals surface area (Å²) in [6.07, 6.45) is 4.10. The number of ether oxygens (including phenoxy) is 1. The first-order chi connectivity index (χ1) is 8.36. The fourth-order valence-corrected chi connectivity index (χ4v) is 2.34. The van der Waals surface area contributed by atoms with E-state index in [2.05, 4.69) is 42.6 Å². The van der Waals surface area contributed by atoms with Crippen molar-refractivity contribution in [3.8, 4) is 0 Å². The fraction of sp³-hybridized carbons (Fsp3) is 0.600. The van der Waals surface area contributed by atoms with Gasteiger partial charge >= 0.3 is 0 Å². The van der Waals surface area contributed by atoms with Crippen LogP contribution in [0.1, 0.15) is 37.7 Å². The molecule has 0 bridgehead atoms. The second-order valence-corrected chi connectivity index (χ2v) is 4.94. The molecule has 1 aliphatic heterocycles. The Labute approximate surface area is 104 Å². The van der Waals surface area contributed by atoms with Crippen molar-refractivity contribution >= 4 is 0 Å². The summed E-state index contributed by atoms with van der Waals surface area (Å²) in [7, 11) is 0. The van der Waals surface area contributed by atoms with Crippen molar-refractivity contribution < 1.29 is 4.74 Å². The second-order valence-electron chi connectivity index (χ2n) is 4.94. The average molecular weight is 233 g/mol. The predicted molar refractivity (Wildman–Crippen MR) is 71.3 cm³/mol. The van der Waals surface area contributed by atoms with Crippen molar-refractivity contribution in [1.82, 2.24) is 5.32 Å². The molecule has 0 amide bonds. The van der Waals surface area contributed by atoms with Gasteiger partial charge in [-0.25, -0.2) is 0 Å². The lowest BCUT2D eigenvalue weighted by molar-refractivity contribution is 0.110. The Kier molecular flexibility index (Phi) is 5.02. The molecule has 94 valence electrons. The quantitative estimate of drug-likeness (QED) is 0.763. The molecule has 0 saturated carbocycles. The van der Waals surface area contributed by atoms with E-state index in [-0.39, 0.29) is 0 Å². The first-order valence-corrected chi connectivity index (χ1v) is 6.73. The summed E-state index contributed by atoms with van der Waals surface area (Å²) in [5.41, 5.74) is 1.44. The van der Waals surface area contributed by atoms with E-state index in [0.717, 1.165) is 19.7 Å². The highest BCUT2D eigenvalue weighted by molar-refractivity contribution is 5.18. The van der Waals surface area contributed by atoms with E-state index in [9.17, 15) is 0 Å². The summed E-state index contributed by atoms with van der Waals surface area (Å²) in [4.78, 5) is 0. The molecule has 1 saturated heterocycles. The van der Waals surface area contributed by atoms with Gasteiger partial charge in [0.25, 0.3) is 0 Å². The van der Waals surface area contributed by atoms with Crippen LogP contribution in [-0.4, -0.2) is 25.8 Å². The van der Waals surface area contributed by atoms with Gasteiger partial charge in [-0.2, -0.15) is 0 Å². The van der Waals surface area contributed by atoms with E-state index in [1.165, 1.54) is 24.8 Å². The average Bonchev–Trinajstić information content (AvgIpc) is 2.88. The Hall–Kier alpha value is -0.860. The summed E-state index contributed by atoms with van der Waals surface area (Å²) >= 11 is 0. The van der Waals surface area contributed by atoms with Gasteiger partial charge in [-0.15, -0.1) is 0 Å². The third kappa shape index (κ3) is 4.14. The van der Waals surface area contributed by atoms with Crippen molar-refractivity contribution in [3.63, 3.8) is 0 Å². The molecule has 0 radical (unpaired) electrons. The molecule has 2 heteroatoms. The first kappa shape index (κ1) is 12.6. The molecule has 2 rings (SSSR count). The maximum Gasteiger partial charge on any atom is 0.0700 e. The second kappa shape index (κ2) is 6.77. The minimum absolute atomic E-state index is 0.460. The summed E-state index contributed by atoms with van der Waals surface area (Å²) in [5.74, 6) is 0.633. The summed E-state index contributed by atoms with van der Waals surface area (Å²) in [6, 6.07) is 10.7. The number of benzene rings is 1. The highest BCUT2D eigenvalue weighted by Gasteiger charge is 2.14. The van der Waals surface area contributed by atoms with Crippen molar-refractivity contribution in [2.45, 2.75) is 38.2 Å². The van der Waals surface area contributed by atoms with Crippen LogP contribution in [0.4, 0.5) is 0 Å². The Balaban J connectivity index is 1.61. The monoisotopic (exact) mass is 233 g/mol. The number of hydrogen-bond donors (Lipinski definition) is 1. The summed E-state index contributed by atoms with van der Waals surface area (Å²) in [6.45, 7) is 5.34. The molecular weight excluding hydrogens is 210 g/mol. The van der Waals surface area contributed by atoms with Gasteiger partial charge < -0.3 is 10.1 Å². The van der Waals surface area contributed by atoms with Gasteiger partial charge in [0.15, 0.2) is 0 Å². The van der Waals surface area contributed by atoms with Gasteiger partial charge in [0, 0.05) is 13.2 Å². The van der Waals surface area contributed by atoms with E-state index >= 15 is 0 Å². The van der Waals surface area contributed by atoms with Crippen LogP contribution >= 0.6 is 0 Å². The van der Waals surface area contributed by atoms with Crippen molar-refractivity contribution in [3.05, 3.63) is 35.9 Å². The molecule has 0 aliphatic carbocycles. The maximum absolute atomic E-state index is 5.58. The molecule has 2 atom stereocenters. The van der Waals surface area contributed by atoms with Crippen molar-refractivity contribution in [1.29, 1.82) is 0 Å². The van der Waals surface area contributed by atoms with Crippen LogP contribution in [0.15, 0.2) is 30.3 Å². The molecule has 1 fully saturated rings. The zero-order valence-electron chi connectivity index (χ0n) is 10.7. The number of nitrogens with one attached hydrogen (secondary N) is 1. The normalized spacial score (nSPS) is 21.6. The van der Waals surface area contributed by atoms with Gasteiger partial charge in [-0.1, -0.05) is 37.3 Å². The van der Waals surface area contributed by atoms with Crippen LogP contribution < -0.4 is 5.32 Å². The van der Waals surface area contributed by atoms with Crippen LogP contribution in [0.5, 0.6) is 0 Å². The largest absolute Gasteiger partial charge is 0.377 e. The molecule has 0 spiro atoms. The van der Waals surface area contributed by atoms with Gasteiger partial charge in [-0.3, -0.25) is 0 Å². The van der Waals surface area contributed by atoms with Crippen LogP contribution in [0.3, 0.4) is 0 Å². The van der Waals surface area contributed by atoms with Gasteiger partial charge in [0.05, 0.1) is 6.10 Å². The number of rotatable bonds is 6. The van der Waals surface area contributed by atoms with E-state index < -0.39 is 0 Å². The standard InChI is InChI=1S/C15H23NO/c1-13(14-6-3-2-4-7-14)9-10-16-12-15-8-5-11-17-15/h2-4,6-7,13,15-16H,5,8-12H2,1H3. The minimum Gasteiger partial charge on any atom is -0.377 e. The highest BCUT2D eigenvalue weighted by Crippen LogP contribution is 2.17. The molecule has 1 aromatic carbocycles. The van der Waals surface area contributed by atoms with E-state index in [0.29, 0.717) is 12.0 Å². The third-order valence-electron chi connectivity index (χ3n) is 3.52. The van der Waals surface area contributed by atoms with Crippen molar-refractivity contribution in [2.75, 3.05) is 19.7 Å². The molecule has 1 aliphatic rings. The summed E-state index contributed by atoms with van der Waals surface area (Å²) in [5, 5.41) is 3.50. The minimum atomic E-state index is 0.460. The summed E-state index contributed by atoms with van der Waals surface area (Å²) < 4.78 is 5.58. The lowest BCUT2D eigenvalue weighted by atomic mass is 9.98. The zero-order valence-corrected chi connectivity index (χ0v) is 10.7. The van der Waals surface area contributed by atoms with Gasteiger partial charge in [0.1, 0.15) is 0 Å². The fourth-order valence-electron chi connectivity index (χ4n) is 2.34. The molecule has 2 unspecified atom stereocenters. The molecular formula is C15H23NO. The maximum atomic E-state index is 5.58. The van der Waals surface area contributed by atoms with Crippen LogP contribution in [0, 0.1) is 0 Å². The Morgan fingerprint density at radius 1 is 1.35 bits per heavy atom. The van der Waals surface area contributed by atoms with E-state index in [4.69, 9.17) is 4.74 Å². The zero-order chi connectivity index (χ0) is 11.9. The van der Waals surface area contributed by atoms with Crippen LogP contribution in [0.2, 0.25) is 0 Å². The van der Waals surface area contributed by atoms with E-state index in [1.54, 1.807) is 0 Å². The lowest BCUT2D eigenvalue weighted by Crippen LogP contribution is -2.27. The predicted octanol–water partition coefficient (Wildman–Crippen LogP) is 2.95. The molecule has 0 aromatic heterocycles. The van der Waals surface area contributed by atoms with Crippen LogP contribution in [0.25, 0.3) is 0 Å². The highest BCUT2D eigenvalue weighted by atomic mass is 16.5. The topological polar surface area (TPSA) is 21.3 Å². The van der Waals surface area contributed by atoms with Crippen molar-refractivity contribution in [2.24, 2.45) is 0 Å². The molecule has 1 N–H and O–H groups in total. The van der Waals surface area contributed by atoms with Crippen LogP contribution in [-0.2, 0) is 4.74 Å². The molecule has 2 nitrogen and oxygen atoms in total. The van der Waals surface area contributed by atoms with Gasteiger partial charge in [0.2, 0.25) is 0 Å². The SMILES string of the molecule is CC(CCNCC1CCCO1)c1ccccc1. The Morgan fingerprint density at radius 2 is 2.18 bits per heavy atom.